The molecular formula is C24H26N4O4. The molecule has 1 aromatic carbocycles. The molecule has 32 heavy (non-hydrogen) atoms. The molecule has 166 valence electrons. The minimum Gasteiger partial charge on any atom is -0.502 e. The van der Waals surface area contributed by atoms with Gasteiger partial charge in [0.25, 0.3) is 5.56 Å². The van der Waals surface area contributed by atoms with E-state index in [1.165, 1.54) is 6.33 Å². The fraction of sp³-hybridized carbons (Fsp3) is 0.375. The first-order valence-corrected chi connectivity index (χ1v) is 10.7. The van der Waals surface area contributed by atoms with Crippen LogP contribution in [0.4, 0.5) is 0 Å². The van der Waals surface area contributed by atoms with E-state index in [4.69, 9.17) is 4.74 Å². The van der Waals surface area contributed by atoms with Gasteiger partial charge in [-0.3, -0.25) is 9.48 Å². The molecule has 1 aliphatic heterocycles. The van der Waals surface area contributed by atoms with Crippen LogP contribution in [0.5, 0.6) is 5.75 Å². The minimum atomic E-state index is -0.589. The number of H-pyrrole nitrogens is 1. The number of ether oxygens (including phenoxy) is 1. The second-order valence-corrected chi connectivity index (χ2v) is 7.99. The fourth-order valence-corrected chi connectivity index (χ4v) is 3.80. The van der Waals surface area contributed by atoms with Gasteiger partial charge in [0.05, 0.1) is 30.4 Å². The molecule has 3 aromatic rings. The average molecular weight is 434 g/mol. The normalized spacial score (nSPS) is 15.2. The van der Waals surface area contributed by atoms with Gasteiger partial charge in [-0.2, -0.15) is 5.10 Å². The maximum absolute atomic E-state index is 11.5. The number of nitrogens with one attached hydrogen (secondary N) is 1. The number of nitrogens with zero attached hydrogens (tertiary/aromatic N) is 3. The summed E-state index contributed by atoms with van der Waals surface area (Å²) < 4.78 is 7.36. The van der Waals surface area contributed by atoms with Gasteiger partial charge in [-0.1, -0.05) is 24.0 Å². The molecule has 1 aliphatic rings. The van der Waals surface area contributed by atoms with E-state index in [0.29, 0.717) is 5.92 Å². The Morgan fingerprint density at radius 2 is 1.94 bits per heavy atom. The van der Waals surface area contributed by atoms with Crippen LogP contribution in [0.25, 0.3) is 0 Å². The van der Waals surface area contributed by atoms with Crippen molar-refractivity contribution < 1.29 is 14.9 Å². The van der Waals surface area contributed by atoms with Gasteiger partial charge >= 0.3 is 0 Å². The lowest BCUT2D eigenvalue weighted by Crippen LogP contribution is -2.20. The van der Waals surface area contributed by atoms with E-state index < -0.39 is 11.3 Å². The molecule has 1 atom stereocenters. The quantitative estimate of drug-likeness (QED) is 0.510. The summed E-state index contributed by atoms with van der Waals surface area (Å²) in [5.41, 5.74) is 2.26. The molecule has 1 saturated heterocycles. The lowest BCUT2D eigenvalue weighted by Gasteiger charge is -2.21. The summed E-state index contributed by atoms with van der Waals surface area (Å²) in [6.45, 7) is 2.41. The van der Waals surface area contributed by atoms with Crippen LogP contribution in [0.1, 0.15) is 41.1 Å². The van der Waals surface area contributed by atoms with Gasteiger partial charge in [0.15, 0.2) is 0 Å². The predicted molar refractivity (Wildman–Crippen MR) is 118 cm³/mol. The van der Waals surface area contributed by atoms with Gasteiger partial charge in [0, 0.05) is 43.9 Å². The van der Waals surface area contributed by atoms with Crippen LogP contribution in [0, 0.1) is 17.8 Å². The highest BCUT2D eigenvalue weighted by molar-refractivity contribution is 5.42. The first kappa shape index (κ1) is 21.8. The summed E-state index contributed by atoms with van der Waals surface area (Å²) in [6.07, 6.45) is 7.39. The Bertz CT molecular complexity index is 1150. The molecule has 0 aliphatic carbocycles. The summed E-state index contributed by atoms with van der Waals surface area (Å²) in [7, 11) is 0. The Morgan fingerprint density at radius 3 is 2.69 bits per heavy atom. The summed E-state index contributed by atoms with van der Waals surface area (Å²) in [6, 6.07) is 7.57. The SMILES string of the molecule is O=c1[nH]cnc(CC(CO)c2ccc(C#Cc3cnn(CC4CCOCC4)c3)cc2)c1O. The van der Waals surface area contributed by atoms with Gasteiger partial charge in [0.1, 0.15) is 0 Å². The number of hydrogen-bond acceptors (Lipinski definition) is 6. The third kappa shape index (κ3) is 5.44. The molecule has 8 nitrogen and oxygen atoms in total. The highest BCUT2D eigenvalue weighted by Crippen LogP contribution is 2.22. The zero-order valence-corrected chi connectivity index (χ0v) is 17.7. The Kier molecular flexibility index (Phi) is 7.00. The molecule has 0 bridgehead atoms. The average Bonchev–Trinajstić information content (AvgIpc) is 3.27. The smallest absolute Gasteiger partial charge is 0.293 e. The molecule has 2 aromatic heterocycles. The Labute approximate surface area is 185 Å². The van der Waals surface area contributed by atoms with E-state index in [0.717, 1.165) is 49.3 Å². The van der Waals surface area contributed by atoms with E-state index in [9.17, 15) is 15.0 Å². The molecule has 1 fully saturated rings. The van der Waals surface area contributed by atoms with Crippen molar-refractivity contribution in [1.82, 2.24) is 19.7 Å². The number of aromatic hydroxyl groups is 1. The zero-order chi connectivity index (χ0) is 22.3. The van der Waals surface area contributed by atoms with Crippen LogP contribution in [-0.2, 0) is 17.7 Å². The van der Waals surface area contributed by atoms with Crippen molar-refractivity contribution in [2.45, 2.75) is 31.7 Å². The molecule has 0 radical (unpaired) electrons. The van der Waals surface area contributed by atoms with E-state index in [2.05, 4.69) is 26.9 Å². The van der Waals surface area contributed by atoms with Crippen LogP contribution in [0.3, 0.4) is 0 Å². The van der Waals surface area contributed by atoms with Gasteiger partial charge < -0.3 is 19.9 Å². The van der Waals surface area contributed by atoms with E-state index in [-0.39, 0.29) is 24.6 Å². The molecule has 1 unspecified atom stereocenters. The van der Waals surface area contributed by atoms with Crippen molar-refractivity contribution in [2.75, 3.05) is 19.8 Å². The molecule has 0 spiro atoms. The standard InChI is InChI=1S/C24H26N4O4/c29-15-21(11-22-23(30)24(31)26-16-25-22)20-5-3-17(4-6-20)1-2-19-12-27-28(14-19)13-18-7-9-32-10-8-18/h3-6,12,14,16,18,21,29-30H,7-11,13,15H2,(H,25,26,31). The monoisotopic (exact) mass is 434 g/mol. The van der Waals surface area contributed by atoms with Gasteiger partial charge in [0.2, 0.25) is 5.75 Å². The van der Waals surface area contributed by atoms with Gasteiger partial charge in [-0.15, -0.1) is 0 Å². The Hall–Kier alpha value is -3.41. The van der Waals surface area contributed by atoms with Gasteiger partial charge in [-0.05, 0) is 36.5 Å². The van der Waals surface area contributed by atoms with Crippen molar-refractivity contribution in [2.24, 2.45) is 5.92 Å². The number of aliphatic hydroxyl groups is 1. The summed E-state index contributed by atoms with van der Waals surface area (Å²) >= 11 is 0. The maximum Gasteiger partial charge on any atom is 0.293 e. The number of rotatable bonds is 6. The summed E-state index contributed by atoms with van der Waals surface area (Å²) in [5, 5.41) is 24.1. The number of aromatic nitrogens is 4. The summed E-state index contributed by atoms with van der Waals surface area (Å²) in [4.78, 5) is 17.9. The lowest BCUT2D eigenvalue weighted by molar-refractivity contribution is 0.0601. The number of aliphatic hydroxyl groups excluding tert-OH is 1. The first-order chi connectivity index (χ1) is 15.6. The van der Waals surface area contributed by atoms with E-state index in [1.54, 1.807) is 6.20 Å². The second kappa shape index (κ2) is 10.3. The van der Waals surface area contributed by atoms with Crippen molar-refractivity contribution in [3.8, 4) is 17.6 Å². The van der Waals surface area contributed by atoms with Crippen molar-refractivity contribution in [3.63, 3.8) is 0 Å². The number of aromatic amines is 1. The molecular weight excluding hydrogens is 408 g/mol. The van der Waals surface area contributed by atoms with Crippen molar-refractivity contribution >= 4 is 0 Å². The van der Waals surface area contributed by atoms with Gasteiger partial charge in [-0.25, -0.2) is 4.98 Å². The molecule has 3 heterocycles. The van der Waals surface area contributed by atoms with E-state index >= 15 is 0 Å². The van der Waals surface area contributed by atoms with Crippen molar-refractivity contribution in [3.05, 3.63) is 75.7 Å². The third-order valence-corrected chi connectivity index (χ3v) is 5.72. The summed E-state index contributed by atoms with van der Waals surface area (Å²) in [5.74, 6) is 6.19. The maximum atomic E-state index is 11.5. The Balaban J connectivity index is 1.40. The third-order valence-electron chi connectivity index (χ3n) is 5.72. The number of benzene rings is 1. The van der Waals surface area contributed by atoms with Crippen LogP contribution >= 0.6 is 0 Å². The molecule has 4 rings (SSSR count). The highest BCUT2D eigenvalue weighted by atomic mass is 16.5. The van der Waals surface area contributed by atoms with Crippen LogP contribution in [-0.4, -0.2) is 49.8 Å². The molecule has 0 saturated carbocycles. The fourth-order valence-electron chi connectivity index (χ4n) is 3.80. The molecule has 8 heteroatoms. The second-order valence-electron chi connectivity index (χ2n) is 7.99. The largest absolute Gasteiger partial charge is 0.502 e. The van der Waals surface area contributed by atoms with Crippen LogP contribution in [0.15, 0.2) is 47.8 Å². The topological polar surface area (TPSA) is 113 Å². The van der Waals surface area contributed by atoms with Crippen LogP contribution < -0.4 is 5.56 Å². The lowest BCUT2D eigenvalue weighted by atomic mass is 9.94. The number of hydrogen-bond donors (Lipinski definition) is 3. The van der Waals surface area contributed by atoms with E-state index in [1.807, 2.05) is 35.1 Å². The Morgan fingerprint density at radius 1 is 1.19 bits per heavy atom. The highest BCUT2D eigenvalue weighted by Gasteiger charge is 2.16. The predicted octanol–water partition coefficient (Wildman–Crippen LogP) is 1.82. The zero-order valence-electron chi connectivity index (χ0n) is 17.7. The van der Waals surface area contributed by atoms with Crippen molar-refractivity contribution in [1.29, 1.82) is 0 Å². The van der Waals surface area contributed by atoms with Crippen LogP contribution in [0.2, 0.25) is 0 Å². The first-order valence-electron chi connectivity index (χ1n) is 10.7. The molecule has 3 N–H and O–H groups in total. The minimum absolute atomic E-state index is 0.134. The molecule has 0 amide bonds.